The molecule has 18 heavy (non-hydrogen) atoms. The summed E-state index contributed by atoms with van der Waals surface area (Å²) in [6.45, 7) is 4.14. The molecule has 2 aromatic rings. The maximum atomic E-state index is 11.7. The average molecular weight is 261 g/mol. The standard InChI is InChI=1S/C13H15N3OS/c1-9-3-4-11(10(2)7-9)5-6-12(17)15-13-16-14-8-18-13/h3-4,7-8H,5-6H2,1-2H3,(H,15,16,17). The number of anilines is 1. The zero-order valence-corrected chi connectivity index (χ0v) is 11.3. The lowest BCUT2D eigenvalue weighted by Crippen LogP contribution is -2.12. The summed E-state index contributed by atoms with van der Waals surface area (Å²) in [4.78, 5) is 11.7. The Kier molecular flexibility index (Phi) is 4.04. The van der Waals surface area contributed by atoms with Gasteiger partial charge in [-0.15, -0.1) is 10.2 Å². The molecule has 0 saturated carbocycles. The highest BCUT2D eigenvalue weighted by molar-refractivity contribution is 7.13. The Balaban J connectivity index is 1.89. The molecule has 1 heterocycles. The summed E-state index contributed by atoms with van der Waals surface area (Å²) in [5.41, 5.74) is 5.29. The number of carbonyl (C=O) groups excluding carboxylic acids is 1. The Bertz CT molecular complexity index is 537. The normalized spacial score (nSPS) is 10.3. The number of nitrogens with one attached hydrogen (secondary N) is 1. The minimum absolute atomic E-state index is 0.0216. The van der Waals surface area contributed by atoms with Crippen molar-refractivity contribution < 1.29 is 4.79 Å². The molecular weight excluding hydrogens is 246 g/mol. The number of nitrogens with zero attached hydrogens (tertiary/aromatic N) is 2. The van der Waals surface area contributed by atoms with Gasteiger partial charge < -0.3 is 5.32 Å². The maximum absolute atomic E-state index is 11.7. The summed E-state index contributed by atoms with van der Waals surface area (Å²) < 4.78 is 0. The molecule has 0 aliphatic carbocycles. The lowest BCUT2D eigenvalue weighted by molar-refractivity contribution is -0.116. The van der Waals surface area contributed by atoms with E-state index >= 15 is 0 Å². The Morgan fingerprint density at radius 2 is 2.22 bits per heavy atom. The molecular formula is C13H15N3OS. The van der Waals surface area contributed by atoms with Crippen LogP contribution in [0.2, 0.25) is 0 Å². The molecule has 0 aliphatic rings. The van der Waals surface area contributed by atoms with E-state index < -0.39 is 0 Å². The number of benzene rings is 1. The van der Waals surface area contributed by atoms with E-state index in [1.807, 2.05) is 0 Å². The number of hydrogen-bond acceptors (Lipinski definition) is 4. The van der Waals surface area contributed by atoms with Crippen molar-refractivity contribution in [3.05, 3.63) is 40.4 Å². The largest absolute Gasteiger partial charge is 0.301 e. The monoisotopic (exact) mass is 261 g/mol. The van der Waals surface area contributed by atoms with Crippen LogP contribution >= 0.6 is 11.3 Å². The van der Waals surface area contributed by atoms with Gasteiger partial charge in [0, 0.05) is 6.42 Å². The fourth-order valence-electron chi connectivity index (χ4n) is 1.78. The fourth-order valence-corrected chi connectivity index (χ4v) is 2.24. The van der Waals surface area contributed by atoms with Crippen LogP contribution in [-0.2, 0) is 11.2 Å². The van der Waals surface area contributed by atoms with E-state index in [0.717, 1.165) is 6.42 Å². The number of rotatable bonds is 4. The molecule has 94 valence electrons. The first-order chi connectivity index (χ1) is 8.65. The summed E-state index contributed by atoms with van der Waals surface area (Å²) in [6.07, 6.45) is 1.21. The van der Waals surface area contributed by atoms with Crippen LogP contribution in [0.25, 0.3) is 0 Å². The van der Waals surface area contributed by atoms with Crippen molar-refractivity contribution in [3.8, 4) is 0 Å². The number of hydrogen-bond donors (Lipinski definition) is 1. The van der Waals surface area contributed by atoms with Crippen LogP contribution in [0, 0.1) is 13.8 Å². The molecule has 5 heteroatoms. The summed E-state index contributed by atoms with van der Waals surface area (Å²) in [5, 5.41) is 10.7. The van der Waals surface area contributed by atoms with Crippen LogP contribution in [-0.4, -0.2) is 16.1 Å². The molecule has 0 radical (unpaired) electrons. The molecule has 1 amide bonds. The third-order valence-corrected chi connectivity index (χ3v) is 3.33. The predicted octanol–water partition coefficient (Wildman–Crippen LogP) is 2.73. The van der Waals surface area contributed by atoms with Crippen molar-refractivity contribution in [1.82, 2.24) is 10.2 Å². The van der Waals surface area contributed by atoms with Gasteiger partial charge in [-0.1, -0.05) is 35.1 Å². The summed E-state index contributed by atoms with van der Waals surface area (Å²) in [5.74, 6) is -0.0216. The first-order valence-corrected chi connectivity index (χ1v) is 6.65. The van der Waals surface area contributed by atoms with Gasteiger partial charge in [-0.2, -0.15) is 0 Å². The van der Waals surface area contributed by atoms with Crippen LogP contribution in [0.4, 0.5) is 5.13 Å². The zero-order chi connectivity index (χ0) is 13.0. The van der Waals surface area contributed by atoms with Gasteiger partial charge in [0.1, 0.15) is 5.51 Å². The minimum Gasteiger partial charge on any atom is -0.301 e. The van der Waals surface area contributed by atoms with Gasteiger partial charge in [0.25, 0.3) is 0 Å². The molecule has 0 spiro atoms. The van der Waals surface area contributed by atoms with E-state index in [9.17, 15) is 4.79 Å². The molecule has 1 aromatic carbocycles. The second-order valence-electron chi connectivity index (χ2n) is 4.22. The molecule has 0 saturated heterocycles. The zero-order valence-electron chi connectivity index (χ0n) is 10.4. The highest BCUT2D eigenvalue weighted by Gasteiger charge is 2.06. The number of amides is 1. The lowest BCUT2D eigenvalue weighted by atomic mass is 10.0. The van der Waals surface area contributed by atoms with Crippen LogP contribution in [0.15, 0.2) is 23.7 Å². The van der Waals surface area contributed by atoms with Gasteiger partial charge in [0.15, 0.2) is 0 Å². The lowest BCUT2D eigenvalue weighted by Gasteiger charge is -2.06. The maximum Gasteiger partial charge on any atom is 0.226 e. The van der Waals surface area contributed by atoms with Crippen molar-refractivity contribution in [2.75, 3.05) is 5.32 Å². The summed E-state index contributed by atoms with van der Waals surface area (Å²) in [6, 6.07) is 6.30. The number of aromatic nitrogens is 2. The number of carbonyl (C=O) groups is 1. The molecule has 0 fully saturated rings. The third kappa shape index (κ3) is 3.37. The highest BCUT2D eigenvalue weighted by Crippen LogP contribution is 2.14. The smallest absolute Gasteiger partial charge is 0.226 e. The van der Waals surface area contributed by atoms with Gasteiger partial charge >= 0.3 is 0 Å². The topological polar surface area (TPSA) is 54.9 Å². The van der Waals surface area contributed by atoms with E-state index in [1.165, 1.54) is 28.0 Å². The molecule has 0 unspecified atom stereocenters. The second kappa shape index (κ2) is 5.73. The van der Waals surface area contributed by atoms with E-state index in [2.05, 4.69) is 47.6 Å². The Morgan fingerprint density at radius 1 is 1.39 bits per heavy atom. The molecule has 0 atom stereocenters. The van der Waals surface area contributed by atoms with Crippen molar-refractivity contribution in [2.45, 2.75) is 26.7 Å². The number of aryl methyl sites for hydroxylation is 3. The van der Waals surface area contributed by atoms with E-state index in [0.29, 0.717) is 11.6 Å². The van der Waals surface area contributed by atoms with E-state index in [-0.39, 0.29) is 5.91 Å². The third-order valence-electron chi connectivity index (χ3n) is 2.73. The van der Waals surface area contributed by atoms with Crippen LogP contribution < -0.4 is 5.32 Å². The Labute approximate surface area is 110 Å². The molecule has 0 aliphatic heterocycles. The Morgan fingerprint density at radius 3 is 2.89 bits per heavy atom. The van der Waals surface area contributed by atoms with Crippen molar-refractivity contribution in [3.63, 3.8) is 0 Å². The van der Waals surface area contributed by atoms with E-state index in [4.69, 9.17) is 0 Å². The van der Waals surface area contributed by atoms with Crippen molar-refractivity contribution >= 4 is 22.4 Å². The van der Waals surface area contributed by atoms with E-state index in [1.54, 1.807) is 5.51 Å². The van der Waals surface area contributed by atoms with Gasteiger partial charge in [0.2, 0.25) is 11.0 Å². The van der Waals surface area contributed by atoms with Crippen LogP contribution in [0.5, 0.6) is 0 Å². The molecule has 1 aromatic heterocycles. The summed E-state index contributed by atoms with van der Waals surface area (Å²) >= 11 is 1.32. The molecule has 2 rings (SSSR count). The second-order valence-corrected chi connectivity index (χ2v) is 5.06. The van der Waals surface area contributed by atoms with Gasteiger partial charge in [-0.05, 0) is 31.4 Å². The quantitative estimate of drug-likeness (QED) is 0.920. The SMILES string of the molecule is Cc1ccc(CCC(=O)Nc2nncs2)c(C)c1. The van der Waals surface area contributed by atoms with Crippen LogP contribution in [0.1, 0.15) is 23.1 Å². The average Bonchev–Trinajstić information content (AvgIpc) is 2.80. The molecule has 1 N–H and O–H groups in total. The van der Waals surface area contributed by atoms with Gasteiger partial charge in [-0.3, -0.25) is 4.79 Å². The molecule has 0 bridgehead atoms. The van der Waals surface area contributed by atoms with Crippen molar-refractivity contribution in [1.29, 1.82) is 0 Å². The van der Waals surface area contributed by atoms with Gasteiger partial charge in [0.05, 0.1) is 0 Å². The van der Waals surface area contributed by atoms with Gasteiger partial charge in [-0.25, -0.2) is 0 Å². The molecule has 4 nitrogen and oxygen atoms in total. The highest BCUT2D eigenvalue weighted by atomic mass is 32.1. The fraction of sp³-hybridized carbons (Fsp3) is 0.308. The van der Waals surface area contributed by atoms with Crippen LogP contribution in [0.3, 0.4) is 0 Å². The Hall–Kier alpha value is -1.75. The van der Waals surface area contributed by atoms with Crippen molar-refractivity contribution in [2.24, 2.45) is 0 Å². The minimum atomic E-state index is -0.0216. The summed E-state index contributed by atoms with van der Waals surface area (Å²) in [7, 11) is 0. The first kappa shape index (κ1) is 12.7. The first-order valence-electron chi connectivity index (χ1n) is 5.77. The predicted molar refractivity (Wildman–Crippen MR) is 72.8 cm³/mol.